The fraction of sp³-hybridized carbons (Fsp3) is 0.208. The van der Waals surface area contributed by atoms with E-state index in [0.29, 0.717) is 35.3 Å². The molecule has 2 aromatic carbocycles. The van der Waals surface area contributed by atoms with E-state index in [2.05, 4.69) is 20.9 Å². The van der Waals surface area contributed by atoms with Gasteiger partial charge in [0.05, 0.1) is 16.8 Å². The molecular formula is C24H26N4O4S. The summed E-state index contributed by atoms with van der Waals surface area (Å²) in [7, 11) is -3.38. The lowest BCUT2D eigenvalue weighted by atomic mass is 10.1. The molecule has 0 fully saturated rings. The van der Waals surface area contributed by atoms with Crippen LogP contribution in [-0.4, -0.2) is 37.6 Å². The van der Waals surface area contributed by atoms with Crippen LogP contribution in [0, 0.1) is 0 Å². The lowest BCUT2D eigenvalue weighted by Gasteiger charge is -2.18. The lowest BCUT2D eigenvalue weighted by Crippen LogP contribution is -2.45. The second-order valence-corrected chi connectivity index (χ2v) is 9.50. The van der Waals surface area contributed by atoms with Crippen LogP contribution < -0.4 is 16.0 Å². The summed E-state index contributed by atoms with van der Waals surface area (Å²) in [6.07, 6.45) is 5.45. The third-order valence-corrected chi connectivity index (χ3v) is 6.02. The maximum atomic E-state index is 12.8. The number of hydrogen-bond acceptors (Lipinski definition) is 5. The first-order valence-corrected chi connectivity index (χ1v) is 12.3. The number of carbonyl (C=O) groups is 2. The molecule has 9 heteroatoms. The number of sulfone groups is 1. The van der Waals surface area contributed by atoms with Gasteiger partial charge in [0, 0.05) is 23.7 Å². The van der Waals surface area contributed by atoms with Crippen molar-refractivity contribution in [2.24, 2.45) is 0 Å². The number of nitrogens with one attached hydrogen (secondary N) is 3. The average Bonchev–Trinajstić information content (AvgIpc) is 2.79. The van der Waals surface area contributed by atoms with Gasteiger partial charge in [0.25, 0.3) is 0 Å². The summed E-state index contributed by atoms with van der Waals surface area (Å²) in [5.74, 6) is -0.345. The van der Waals surface area contributed by atoms with E-state index in [9.17, 15) is 18.0 Å². The van der Waals surface area contributed by atoms with Gasteiger partial charge in [-0.1, -0.05) is 43.7 Å². The van der Waals surface area contributed by atoms with Gasteiger partial charge in [-0.05, 0) is 42.3 Å². The number of nitrogens with zero attached hydrogens (tertiary/aromatic N) is 1. The van der Waals surface area contributed by atoms with Crippen LogP contribution in [0.3, 0.4) is 0 Å². The van der Waals surface area contributed by atoms with E-state index in [-0.39, 0.29) is 10.8 Å². The van der Waals surface area contributed by atoms with Crippen molar-refractivity contribution in [1.82, 2.24) is 10.3 Å². The molecule has 0 aliphatic rings. The molecule has 3 N–H and O–H groups in total. The average molecular weight is 467 g/mol. The van der Waals surface area contributed by atoms with Crippen LogP contribution in [0.2, 0.25) is 0 Å². The summed E-state index contributed by atoms with van der Waals surface area (Å²) in [5, 5.41) is 8.15. The predicted molar refractivity (Wildman–Crippen MR) is 129 cm³/mol. The van der Waals surface area contributed by atoms with E-state index < -0.39 is 21.9 Å². The Morgan fingerprint density at radius 2 is 1.67 bits per heavy atom. The Kier molecular flexibility index (Phi) is 7.78. The highest BCUT2D eigenvalue weighted by Crippen LogP contribution is 2.28. The highest BCUT2D eigenvalue weighted by molar-refractivity contribution is 7.90. The number of hydrogen-bond donors (Lipinski definition) is 3. The van der Waals surface area contributed by atoms with Gasteiger partial charge in [-0.3, -0.25) is 9.78 Å². The molecule has 0 saturated carbocycles. The van der Waals surface area contributed by atoms with Gasteiger partial charge in [-0.15, -0.1) is 0 Å². The number of rotatable bonds is 8. The Morgan fingerprint density at radius 3 is 2.30 bits per heavy atom. The molecule has 1 heterocycles. The smallest absolute Gasteiger partial charge is 0.319 e. The molecule has 3 amide bonds. The standard InChI is InChI=1S/C24H26N4O4S/c1-3-7-21(28-24(30)27-19-8-6-15-25-16-19)23(29)26-18-13-11-17(12-14-18)20-9-4-5-10-22(20)33(2,31)32/h4-6,8-16,21H,3,7H2,1-2H3,(H,26,29)(H2,27,28,30)/t21-/m1/s1. The quantitative estimate of drug-likeness (QED) is 0.462. The van der Waals surface area contributed by atoms with Crippen molar-refractivity contribution in [2.75, 3.05) is 16.9 Å². The van der Waals surface area contributed by atoms with Crippen molar-refractivity contribution < 1.29 is 18.0 Å². The van der Waals surface area contributed by atoms with Gasteiger partial charge in [0.1, 0.15) is 6.04 Å². The van der Waals surface area contributed by atoms with Crippen LogP contribution in [0.4, 0.5) is 16.2 Å². The Bertz CT molecular complexity index is 1210. The Hall–Kier alpha value is -3.72. The summed E-state index contributed by atoms with van der Waals surface area (Å²) in [6, 6.07) is 15.8. The molecule has 172 valence electrons. The molecule has 8 nitrogen and oxygen atoms in total. The van der Waals surface area contributed by atoms with Crippen molar-refractivity contribution in [3.63, 3.8) is 0 Å². The predicted octanol–water partition coefficient (Wildman–Crippen LogP) is 4.08. The molecule has 3 aromatic rings. The molecule has 0 bridgehead atoms. The van der Waals surface area contributed by atoms with Gasteiger partial charge < -0.3 is 16.0 Å². The van der Waals surface area contributed by atoms with Gasteiger partial charge in [-0.25, -0.2) is 13.2 Å². The van der Waals surface area contributed by atoms with E-state index in [1.54, 1.807) is 66.9 Å². The first kappa shape index (κ1) is 23.9. The Morgan fingerprint density at radius 1 is 0.939 bits per heavy atom. The normalized spacial score (nSPS) is 11.9. The minimum atomic E-state index is -3.38. The van der Waals surface area contributed by atoms with Gasteiger partial charge in [0.15, 0.2) is 9.84 Å². The number of aromatic nitrogens is 1. The number of carbonyl (C=O) groups excluding carboxylic acids is 2. The van der Waals surface area contributed by atoms with E-state index in [0.717, 1.165) is 0 Å². The fourth-order valence-electron chi connectivity index (χ4n) is 3.31. The number of anilines is 2. The number of pyridine rings is 1. The fourth-order valence-corrected chi connectivity index (χ4v) is 4.22. The Labute approximate surface area is 193 Å². The van der Waals surface area contributed by atoms with Crippen LogP contribution in [-0.2, 0) is 14.6 Å². The zero-order chi connectivity index (χ0) is 23.8. The highest BCUT2D eigenvalue weighted by atomic mass is 32.2. The molecule has 1 aromatic heterocycles. The number of urea groups is 1. The van der Waals surface area contributed by atoms with Crippen LogP contribution >= 0.6 is 0 Å². The van der Waals surface area contributed by atoms with E-state index in [1.807, 2.05) is 6.92 Å². The summed E-state index contributed by atoms with van der Waals surface area (Å²) in [6.45, 7) is 1.93. The first-order valence-electron chi connectivity index (χ1n) is 10.5. The zero-order valence-corrected chi connectivity index (χ0v) is 19.2. The van der Waals surface area contributed by atoms with Gasteiger partial charge in [0.2, 0.25) is 5.91 Å². The van der Waals surface area contributed by atoms with E-state index in [1.165, 1.54) is 12.5 Å². The lowest BCUT2D eigenvalue weighted by molar-refractivity contribution is -0.118. The topological polar surface area (TPSA) is 117 Å². The van der Waals surface area contributed by atoms with Crippen molar-refractivity contribution in [2.45, 2.75) is 30.7 Å². The molecule has 0 aliphatic heterocycles. The molecular weight excluding hydrogens is 440 g/mol. The van der Waals surface area contributed by atoms with Crippen LogP contribution in [0.5, 0.6) is 0 Å². The van der Waals surface area contributed by atoms with Crippen LogP contribution in [0.15, 0.2) is 78.0 Å². The summed E-state index contributed by atoms with van der Waals surface area (Å²) in [4.78, 5) is 29.3. The minimum absolute atomic E-state index is 0.244. The number of benzene rings is 2. The maximum absolute atomic E-state index is 12.8. The summed E-state index contributed by atoms with van der Waals surface area (Å²) >= 11 is 0. The van der Waals surface area contributed by atoms with Crippen molar-refractivity contribution in [3.8, 4) is 11.1 Å². The first-order chi connectivity index (χ1) is 15.8. The minimum Gasteiger partial charge on any atom is -0.326 e. The van der Waals surface area contributed by atoms with Crippen molar-refractivity contribution in [1.29, 1.82) is 0 Å². The molecule has 1 atom stereocenters. The van der Waals surface area contributed by atoms with E-state index >= 15 is 0 Å². The molecule has 0 saturated heterocycles. The van der Waals surface area contributed by atoms with Crippen molar-refractivity contribution in [3.05, 3.63) is 73.1 Å². The third kappa shape index (κ3) is 6.63. The van der Waals surface area contributed by atoms with Crippen molar-refractivity contribution >= 4 is 33.2 Å². The van der Waals surface area contributed by atoms with Crippen LogP contribution in [0.25, 0.3) is 11.1 Å². The summed E-state index contributed by atoms with van der Waals surface area (Å²) in [5.41, 5.74) is 2.37. The summed E-state index contributed by atoms with van der Waals surface area (Å²) < 4.78 is 24.2. The van der Waals surface area contributed by atoms with E-state index in [4.69, 9.17) is 0 Å². The monoisotopic (exact) mass is 466 g/mol. The molecule has 0 aliphatic carbocycles. The second kappa shape index (κ2) is 10.7. The van der Waals surface area contributed by atoms with Gasteiger partial charge >= 0.3 is 6.03 Å². The Balaban J connectivity index is 1.69. The molecule has 0 radical (unpaired) electrons. The largest absolute Gasteiger partial charge is 0.326 e. The van der Waals surface area contributed by atoms with Gasteiger partial charge in [-0.2, -0.15) is 0 Å². The molecule has 0 spiro atoms. The molecule has 3 rings (SSSR count). The molecule has 0 unspecified atom stereocenters. The SMILES string of the molecule is CCC[C@@H](NC(=O)Nc1cccnc1)C(=O)Nc1ccc(-c2ccccc2S(C)(=O)=O)cc1. The zero-order valence-electron chi connectivity index (χ0n) is 18.4. The molecule has 33 heavy (non-hydrogen) atoms. The maximum Gasteiger partial charge on any atom is 0.319 e. The number of amides is 3. The third-order valence-electron chi connectivity index (χ3n) is 4.87. The highest BCUT2D eigenvalue weighted by Gasteiger charge is 2.20. The van der Waals surface area contributed by atoms with Crippen LogP contribution in [0.1, 0.15) is 19.8 Å². The second-order valence-electron chi connectivity index (χ2n) is 7.52.